The summed E-state index contributed by atoms with van der Waals surface area (Å²) in [6, 6.07) is 6.56. The topological polar surface area (TPSA) is 26.3 Å². The van der Waals surface area contributed by atoms with Gasteiger partial charge in [-0.3, -0.25) is 0 Å². The van der Waals surface area contributed by atoms with Crippen LogP contribution in [0.5, 0.6) is 0 Å². The maximum atomic E-state index is 11.4. The van der Waals surface area contributed by atoms with Crippen molar-refractivity contribution in [3.05, 3.63) is 47.0 Å². The largest absolute Gasteiger partial charge is 0.458 e. The molecule has 0 unspecified atom stereocenters. The Balaban J connectivity index is 2.61. The molecule has 1 aromatic rings. The fourth-order valence-corrected chi connectivity index (χ4v) is 0.984. The molecule has 74 valence electrons. The van der Waals surface area contributed by atoms with Crippen molar-refractivity contribution in [2.24, 2.45) is 0 Å². The molecule has 0 heterocycles. The fourth-order valence-electron chi connectivity index (χ4n) is 0.858. The number of hydrogen-bond acceptors (Lipinski definition) is 2. The summed E-state index contributed by atoms with van der Waals surface area (Å²) in [5.74, 6) is -0.357. The van der Waals surface area contributed by atoms with Gasteiger partial charge in [-0.2, -0.15) is 0 Å². The van der Waals surface area contributed by atoms with Gasteiger partial charge in [0.2, 0.25) is 0 Å². The van der Waals surface area contributed by atoms with Crippen molar-refractivity contribution in [1.29, 1.82) is 0 Å². The molecule has 0 fully saturated rings. The van der Waals surface area contributed by atoms with Crippen molar-refractivity contribution in [2.75, 3.05) is 6.61 Å². The van der Waals surface area contributed by atoms with E-state index in [0.29, 0.717) is 10.6 Å². The minimum Gasteiger partial charge on any atom is -0.458 e. The molecule has 0 saturated heterocycles. The van der Waals surface area contributed by atoms with Crippen molar-refractivity contribution < 1.29 is 9.53 Å². The van der Waals surface area contributed by atoms with Crippen LogP contribution in [0.1, 0.15) is 17.3 Å². The molecular weight excluding hydrogens is 200 g/mol. The molecule has 1 aromatic carbocycles. The molecule has 0 aliphatic rings. The van der Waals surface area contributed by atoms with Gasteiger partial charge in [-0.05, 0) is 36.8 Å². The van der Waals surface area contributed by atoms with Crippen molar-refractivity contribution >= 4 is 17.6 Å². The van der Waals surface area contributed by atoms with Crippen LogP contribution in [0.15, 0.2) is 36.4 Å². The maximum Gasteiger partial charge on any atom is 0.338 e. The van der Waals surface area contributed by atoms with Gasteiger partial charge in [0.25, 0.3) is 0 Å². The van der Waals surface area contributed by atoms with Gasteiger partial charge < -0.3 is 4.74 Å². The molecule has 14 heavy (non-hydrogen) atoms. The summed E-state index contributed by atoms with van der Waals surface area (Å²) in [5, 5.41) is 0.599. The van der Waals surface area contributed by atoms with Gasteiger partial charge in [-0.15, -0.1) is 0 Å². The minimum absolute atomic E-state index is 0.251. The molecule has 3 heteroatoms. The number of hydrogen-bond donors (Lipinski definition) is 0. The highest BCUT2D eigenvalue weighted by atomic mass is 35.5. The highest BCUT2D eigenvalue weighted by Gasteiger charge is 2.05. The van der Waals surface area contributed by atoms with Crippen molar-refractivity contribution in [3.8, 4) is 0 Å². The lowest BCUT2D eigenvalue weighted by atomic mass is 10.2. The predicted octanol–water partition coefficient (Wildman–Crippen LogP) is 3.07. The standard InChI is InChI=1S/C11H11ClO2/c1-8(2)7-14-11(13)9-3-5-10(12)6-4-9/h3-6H,1,7H2,2H3. The Morgan fingerprint density at radius 1 is 1.43 bits per heavy atom. The van der Waals surface area contributed by atoms with E-state index in [1.807, 2.05) is 0 Å². The average molecular weight is 211 g/mol. The van der Waals surface area contributed by atoms with E-state index in [2.05, 4.69) is 6.58 Å². The summed E-state index contributed by atoms with van der Waals surface area (Å²) in [4.78, 5) is 11.4. The smallest absolute Gasteiger partial charge is 0.338 e. The van der Waals surface area contributed by atoms with Crippen LogP contribution in [0.3, 0.4) is 0 Å². The van der Waals surface area contributed by atoms with Gasteiger partial charge >= 0.3 is 5.97 Å². The van der Waals surface area contributed by atoms with Gasteiger partial charge in [-0.1, -0.05) is 18.2 Å². The van der Waals surface area contributed by atoms with Gasteiger partial charge in [0.1, 0.15) is 6.61 Å². The van der Waals surface area contributed by atoms with Crippen LogP contribution in [0.4, 0.5) is 0 Å². The van der Waals surface area contributed by atoms with Crippen LogP contribution in [-0.2, 0) is 4.74 Å². The van der Waals surface area contributed by atoms with Crippen molar-refractivity contribution in [3.63, 3.8) is 0 Å². The first-order valence-corrected chi connectivity index (χ1v) is 4.54. The lowest BCUT2D eigenvalue weighted by Crippen LogP contribution is -2.06. The summed E-state index contributed by atoms with van der Waals surface area (Å²) in [7, 11) is 0. The third-order valence-electron chi connectivity index (χ3n) is 1.53. The summed E-state index contributed by atoms with van der Waals surface area (Å²) < 4.78 is 4.95. The summed E-state index contributed by atoms with van der Waals surface area (Å²) in [5.41, 5.74) is 1.31. The molecule has 1 rings (SSSR count). The van der Waals surface area contributed by atoms with E-state index in [1.165, 1.54) is 0 Å². The molecule has 0 aliphatic carbocycles. The van der Waals surface area contributed by atoms with E-state index in [1.54, 1.807) is 31.2 Å². The quantitative estimate of drug-likeness (QED) is 0.566. The molecule has 2 nitrogen and oxygen atoms in total. The lowest BCUT2D eigenvalue weighted by molar-refractivity contribution is 0.0540. The summed E-state index contributed by atoms with van der Waals surface area (Å²) >= 11 is 5.68. The third-order valence-corrected chi connectivity index (χ3v) is 1.78. The molecule has 0 radical (unpaired) electrons. The molecule has 0 saturated carbocycles. The first-order chi connectivity index (χ1) is 6.59. The predicted molar refractivity (Wildman–Crippen MR) is 56.5 cm³/mol. The van der Waals surface area contributed by atoms with Gasteiger partial charge in [0, 0.05) is 5.02 Å². The Hall–Kier alpha value is -1.28. The number of rotatable bonds is 3. The van der Waals surface area contributed by atoms with Crippen LogP contribution >= 0.6 is 11.6 Å². The van der Waals surface area contributed by atoms with E-state index in [-0.39, 0.29) is 12.6 Å². The monoisotopic (exact) mass is 210 g/mol. The van der Waals surface area contributed by atoms with Crippen LogP contribution in [0, 0.1) is 0 Å². The first kappa shape index (κ1) is 10.8. The minimum atomic E-state index is -0.357. The Bertz CT molecular complexity index is 341. The van der Waals surface area contributed by atoms with Crippen molar-refractivity contribution in [1.82, 2.24) is 0 Å². The van der Waals surface area contributed by atoms with Gasteiger partial charge in [0.15, 0.2) is 0 Å². The Labute approximate surface area is 88.1 Å². The van der Waals surface area contributed by atoms with E-state index in [0.717, 1.165) is 5.57 Å². The highest BCUT2D eigenvalue weighted by Crippen LogP contribution is 2.10. The van der Waals surface area contributed by atoms with Gasteiger partial charge in [0.05, 0.1) is 5.56 Å². The number of carbonyl (C=O) groups excluding carboxylic acids is 1. The average Bonchev–Trinajstić information content (AvgIpc) is 2.15. The molecule has 0 amide bonds. The molecule has 0 aromatic heterocycles. The first-order valence-electron chi connectivity index (χ1n) is 4.16. The zero-order chi connectivity index (χ0) is 10.6. The van der Waals surface area contributed by atoms with E-state index < -0.39 is 0 Å². The molecule has 0 bridgehead atoms. The van der Waals surface area contributed by atoms with E-state index >= 15 is 0 Å². The number of halogens is 1. The Kier molecular flexibility index (Phi) is 3.72. The Morgan fingerprint density at radius 2 is 2.00 bits per heavy atom. The number of carbonyl (C=O) groups is 1. The maximum absolute atomic E-state index is 11.4. The lowest BCUT2D eigenvalue weighted by Gasteiger charge is -2.03. The molecule has 0 aliphatic heterocycles. The zero-order valence-electron chi connectivity index (χ0n) is 7.92. The Morgan fingerprint density at radius 3 is 2.50 bits per heavy atom. The second-order valence-corrected chi connectivity index (χ2v) is 3.48. The summed E-state index contributed by atoms with van der Waals surface area (Å²) in [6.45, 7) is 5.69. The third kappa shape index (κ3) is 3.23. The molecule has 0 spiro atoms. The second kappa shape index (κ2) is 4.82. The summed E-state index contributed by atoms with van der Waals surface area (Å²) in [6.07, 6.45) is 0. The molecule has 0 atom stereocenters. The molecular formula is C11H11ClO2. The number of ether oxygens (including phenoxy) is 1. The number of esters is 1. The van der Waals surface area contributed by atoms with Crippen LogP contribution in [-0.4, -0.2) is 12.6 Å². The second-order valence-electron chi connectivity index (χ2n) is 3.04. The zero-order valence-corrected chi connectivity index (χ0v) is 8.67. The van der Waals surface area contributed by atoms with E-state index in [9.17, 15) is 4.79 Å². The SMILES string of the molecule is C=C(C)COC(=O)c1ccc(Cl)cc1. The van der Waals surface area contributed by atoms with Gasteiger partial charge in [-0.25, -0.2) is 4.79 Å². The normalized spacial score (nSPS) is 9.57. The van der Waals surface area contributed by atoms with Crippen LogP contribution in [0.25, 0.3) is 0 Å². The van der Waals surface area contributed by atoms with Crippen molar-refractivity contribution in [2.45, 2.75) is 6.92 Å². The molecule has 0 N–H and O–H groups in total. The van der Waals surface area contributed by atoms with Crippen LogP contribution in [0.2, 0.25) is 5.02 Å². The van der Waals surface area contributed by atoms with E-state index in [4.69, 9.17) is 16.3 Å². The number of benzene rings is 1. The fraction of sp³-hybridized carbons (Fsp3) is 0.182. The highest BCUT2D eigenvalue weighted by molar-refractivity contribution is 6.30. The van der Waals surface area contributed by atoms with Crippen LogP contribution < -0.4 is 0 Å².